The van der Waals surface area contributed by atoms with E-state index in [0.29, 0.717) is 24.2 Å². The minimum atomic E-state index is -2.81. The van der Waals surface area contributed by atoms with Crippen LogP contribution in [0, 0.1) is 18.8 Å². The molecule has 0 saturated heterocycles. The number of aryl methyl sites for hydroxylation is 1. The number of carbonyl (C=O) groups excluding carboxylic acids is 2. The van der Waals surface area contributed by atoms with Crippen molar-refractivity contribution in [3.63, 3.8) is 0 Å². The van der Waals surface area contributed by atoms with Gasteiger partial charge in [0.15, 0.2) is 25.5 Å². The van der Waals surface area contributed by atoms with Crippen LogP contribution >= 0.6 is 0 Å². The maximum atomic E-state index is 15.4. The van der Waals surface area contributed by atoms with Gasteiger partial charge in [0.2, 0.25) is 5.78 Å². The maximum absolute atomic E-state index is 15.4. The molecule has 7 rings (SSSR count). The Morgan fingerprint density at radius 3 is 2.42 bits per heavy atom. The molecule has 0 amide bonds. The molecule has 3 aliphatic rings. The largest absolute Gasteiger partial charge is 0.508 e. The lowest BCUT2D eigenvalue weighted by Crippen LogP contribution is -2.65. The number of aliphatic hydroxyl groups is 1. The number of allylic oxidation sites excluding steroid dienone is 1. The van der Waals surface area contributed by atoms with Crippen LogP contribution in [0.25, 0.3) is 10.8 Å². The summed E-state index contributed by atoms with van der Waals surface area (Å²) in [5.74, 6) is -0.796. The quantitative estimate of drug-likeness (QED) is 0.192. The third kappa shape index (κ3) is 4.98. The molecule has 0 aliphatic heterocycles. The van der Waals surface area contributed by atoms with Crippen molar-refractivity contribution in [2.45, 2.75) is 76.9 Å². The summed E-state index contributed by atoms with van der Waals surface area (Å²) < 4.78 is 25.1. The monoisotopic (exact) mass is 694 g/mol. The second-order valence-electron chi connectivity index (χ2n) is 15.8. The Hall–Kier alpha value is -4.25. The zero-order valence-electron chi connectivity index (χ0n) is 30.3. The van der Waals surface area contributed by atoms with Crippen LogP contribution < -0.4 is 9.47 Å². The predicted octanol–water partition coefficient (Wildman–Crippen LogP) is 8.17. The number of aliphatic hydroxyl groups excluding tert-OH is 1. The van der Waals surface area contributed by atoms with Gasteiger partial charge in [-0.3, -0.25) is 14.5 Å². The van der Waals surface area contributed by atoms with Crippen LogP contribution in [-0.2, 0) is 17.5 Å². The van der Waals surface area contributed by atoms with Crippen molar-refractivity contribution in [2.75, 3.05) is 21.2 Å². The van der Waals surface area contributed by atoms with Gasteiger partial charge in [-0.1, -0.05) is 63.2 Å². The fraction of sp³-hybridized carbons (Fsp3) is 0.425. The first-order valence-electron chi connectivity index (χ1n) is 17.3. The van der Waals surface area contributed by atoms with Crippen molar-refractivity contribution in [3.05, 3.63) is 99.5 Å². The number of nitrogens with zero attached hydrogens (tertiary/aromatic N) is 2. The molecule has 4 atom stereocenters. The molecule has 0 spiro atoms. The molecule has 10 heteroatoms. The molecule has 1 heterocycles. The van der Waals surface area contributed by atoms with Gasteiger partial charge in [-0.2, -0.15) is 0 Å². The summed E-state index contributed by atoms with van der Waals surface area (Å²) in [5, 5.41) is 18.6. The SMILES string of the molecule is COc1cccc2c(C)c3c(cc12)C[C@H]1C[C@H]2[C@H](N(C)C)c4onc(OCc5ccccc5)c4C(=O)[C@@]2(O[Si](C)(C)C(C)(C)C)C(O)=C1C3=O. The Labute approximate surface area is 294 Å². The molecule has 9 nitrogen and oxygen atoms in total. The molecule has 0 radical (unpaired) electrons. The summed E-state index contributed by atoms with van der Waals surface area (Å²) in [5.41, 5.74) is 1.75. The van der Waals surface area contributed by atoms with E-state index in [9.17, 15) is 9.90 Å². The van der Waals surface area contributed by atoms with Gasteiger partial charge in [-0.25, -0.2) is 0 Å². The second-order valence-corrected chi connectivity index (χ2v) is 20.5. The van der Waals surface area contributed by atoms with Crippen molar-refractivity contribution in [3.8, 4) is 11.6 Å². The number of Topliss-reactive ketones (excluding diaryl/α,β-unsaturated/α-hetero) is 2. The third-order valence-corrected chi connectivity index (χ3v) is 16.1. The molecule has 4 aromatic rings. The summed E-state index contributed by atoms with van der Waals surface area (Å²) in [4.78, 5) is 32.2. The molecule has 1 N–H and O–H groups in total. The number of carbonyl (C=O) groups is 2. The van der Waals surface area contributed by atoms with E-state index in [1.165, 1.54) is 0 Å². The number of rotatable bonds is 7. The van der Waals surface area contributed by atoms with Gasteiger partial charge in [0.05, 0.1) is 13.2 Å². The fourth-order valence-electron chi connectivity index (χ4n) is 8.17. The summed E-state index contributed by atoms with van der Waals surface area (Å²) in [6.45, 7) is 12.5. The summed E-state index contributed by atoms with van der Waals surface area (Å²) in [6, 6.07) is 17.0. The number of fused-ring (bicyclic) bond motifs is 5. The zero-order chi connectivity index (χ0) is 35.9. The zero-order valence-corrected chi connectivity index (χ0v) is 31.3. The van der Waals surface area contributed by atoms with E-state index in [1.54, 1.807) is 7.11 Å². The van der Waals surface area contributed by atoms with Crippen LogP contribution in [0.3, 0.4) is 0 Å². The van der Waals surface area contributed by atoms with E-state index in [4.69, 9.17) is 18.4 Å². The number of aromatic nitrogens is 1. The molecule has 0 saturated carbocycles. The molecule has 0 bridgehead atoms. The minimum Gasteiger partial charge on any atom is -0.508 e. The highest BCUT2D eigenvalue weighted by Gasteiger charge is 2.67. The van der Waals surface area contributed by atoms with Crippen LogP contribution in [0.15, 0.2) is 70.5 Å². The molecule has 3 aromatic carbocycles. The fourth-order valence-corrected chi connectivity index (χ4v) is 9.63. The first kappa shape index (κ1) is 34.2. The Bertz CT molecular complexity index is 2060. The van der Waals surface area contributed by atoms with Crippen molar-refractivity contribution < 1.29 is 33.1 Å². The number of ketones is 2. The predicted molar refractivity (Wildman–Crippen MR) is 194 cm³/mol. The summed E-state index contributed by atoms with van der Waals surface area (Å²) >= 11 is 0. The maximum Gasteiger partial charge on any atom is 0.265 e. The highest BCUT2D eigenvalue weighted by molar-refractivity contribution is 6.74. The summed E-state index contributed by atoms with van der Waals surface area (Å²) in [7, 11) is 2.69. The van der Waals surface area contributed by atoms with Gasteiger partial charge >= 0.3 is 0 Å². The van der Waals surface area contributed by atoms with Crippen molar-refractivity contribution in [2.24, 2.45) is 11.8 Å². The van der Waals surface area contributed by atoms with Crippen LogP contribution in [0.5, 0.6) is 11.6 Å². The smallest absolute Gasteiger partial charge is 0.265 e. The molecule has 0 unspecified atom stereocenters. The number of hydrogen-bond donors (Lipinski definition) is 1. The number of hydrogen-bond acceptors (Lipinski definition) is 9. The Balaban J connectivity index is 1.45. The third-order valence-electron chi connectivity index (χ3n) is 11.6. The van der Waals surface area contributed by atoms with E-state index in [1.807, 2.05) is 74.4 Å². The Morgan fingerprint density at radius 2 is 1.76 bits per heavy atom. The summed E-state index contributed by atoms with van der Waals surface area (Å²) in [6.07, 6.45) is 0.933. The highest BCUT2D eigenvalue weighted by atomic mass is 28.4. The molecule has 50 heavy (non-hydrogen) atoms. The Morgan fingerprint density at radius 1 is 1.04 bits per heavy atom. The van der Waals surface area contributed by atoms with E-state index in [-0.39, 0.29) is 46.1 Å². The average Bonchev–Trinajstić information content (AvgIpc) is 3.48. The van der Waals surface area contributed by atoms with Gasteiger partial charge in [0.1, 0.15) is 23.7 Å². The second kappa shape index (κ2) is 11.9. The lowest BCUT2D eigenvalue weighted by atomic mass is 9.58. The first-order valence-corrected chi connectivity index (χ1v) is 20.2. The van der Waals surface area contributed by atoms with Crippen molar-refractivity contribution >= 4 is 30.7 Å². The van der Waals surface area contributed by atoms with Crippen LogP contribution in [0.1, 0.15) is 76.4 Å². The normalized spacial score (nSPS) is 23.4. The first-order chi connectivity index (χ1) is 23.6. The highest BCUT2D eigenvalue weighted by Crippen LogP contribution is 2.59. The number of ether oxygens (including phenoxy) is 2. The number of benzene rings is 3. The molecule has 1 aromatic heterocycles. The van der Waals surface area contributed by atoms with Gasteiger partial charge in [0.25, 0.3) is 5.88 Å². The van der Waals surface area contributed by atoms with Crippen LogP contribution in [-0.4, -0.2) is 61.9 Å². The van der Waals surface area contributed by atoms with Crippen LogP contribution in [0.2, 0.25) is 18.1 Å². The van der Waals surface area contributed by atoms with Crippen molar-refractivity contribution in [1.29, 1.82) is 0 Å². The number of methoxy groups -OCH3 is 1. The molecule has 0 fully saturated rings. The molecular weight excluding hydrogens is 649 g/mol. The topological polar surface area (TPSA) is 111 Å². The van der Waals surface area contributed by atoms with E-state index >= 15 is 4.79 Å². The molecule has 3 aliphatic carbocycles. The average molecular weight is 695 g/mol. The van der Waals surface area contributed by atoms with E-state index < -0.39 is 31.7 Å². The van der Waals surface area contributed by atoms with Gasteiger partial charge in [-0.05, 0) is 97.3 Å². The van der Waals surface area contributed by atoms with E-state index in [2.05, 4.69) is 45.1 Å². The molecular formula is C40H46N2O7Si. The lowest BCUT2D eigenvalue weighted by molar-refractivity contribution is -0.0480. The van der Waals surface area contributed by atoms with Gasteiger partial charge < -0.3 is 23.5 Å². The molecule has 262 valence electrons. The van der Waals surface area contributed by atoms with Crippen LogP contribution in [0.4, 0.5) is 0 Å². The van der Waals surface area contributed by atoms with Gasteiger partial charge in [-0.15, -0.1) is 0 Å². The lowest BCUT2D eigenvalue weighted by Gasteiger charge is -2.55. The Kier molecular flexibility index (Phi) is 8.16. The van der Waals surface area contributed by atoms with Gasteiger partial charge in [0, 0.05) is 22.4 Å². The standard InChI is InChI=1S/C40H46N2O7Si/c1-22-26-16-13-17-29(46-7)27(26)19-24-18-25-20-28-33(42(5)6)35-32(38(41-48-35)47-21-23-14-11-10-12-15-23)37(45)40(28,49-50(8,9)39(2,3)4)36(44)31(25)34(43)30(22)24/h10-17,19,25,28,33,44H,18,20-21H2,1-9H3/t25-,28-,33-,40-/m0/s1. The minimum absolute atomic E-state index is 0.0499. The van der Waals surface area contributed by atoms with Crippen molar-refractivity contribution in [1.82, 2.24) is 10.1 Å². The van der Waals surface area contributed by atoms with E-state index in [0.717, 1.165) is 33.2 Å².